The van der Waals surface area contributed by atoms with Crippen LogP contribution in [0, 0.1) is 5.92 Å². The zero-order chi connectivity index (χ0) is 19.2. The van der Waals surface area contributed by atoms with Crippen molar-refractivity contribution in [2.45, 2.75) is 25.3 Å². The van der Waals surface area contributed by atoms with Gasteiger partial charge in [-0.3, -0.25) is 14.3 Å². The van der Waals surface area contributed by atoms with Crippen LogP contribution in [-0.4, -0.2) is 46.1 Å². The zero-order valence-electron chi connectivity index (χ0n) is 15.7. The summed E-state index contributed by atoms with van der Waals surface area (Å²) < 4.78 is 1.61. The molecule has 1 aliphatic heterocycles. The Hall–Kier alpha value is -2.67. The van der Waals surface area contributed by atoms with Crippen LogP contribution in [-0.2, 0) is 11.8 Å². The third-order valence-corrected chi connectivity index (χ3v) is 5.11. The molecular weight excluding hydrogens is 342 g/mol. The standard InChI is InChI=1S/C20H27N5O2/c1-24-14-17(13-23-24)20(27)22-12-15-7-9-25(10-8-15)19(26)11-18(21)16-5-3-2-4-6-16/h2-6,13-15,18H,7-12,21H2,1H3,(H,22,27). The second-order valence-corrected chi connectivity index (χ2v) is 7.16. The first-order valence-corrected chi connectivity index (χ1v) is 9.38. The molecule has 1 fully saturated rings. The van der Waals surface area contributed by atoms with E-state index in [1.165, 1.54) is 0 Å². The van der Waals surface area contributed by atoms with Gasteiger partial charge in [0.2, 0.25) is 5.91 Å². The number of carbonyl (C=O) groups excluding carboxylic acids is 2. The van der Waals surface area contributed by atoms with Crippen LogP contribution in [0.3, 0.4) is 0 Å². The van der Waals surface area contributed by atoms with Gasteiger partial charge in [0.05, 0.1) is 11.8 Å². The smallest absolute Gasteiger partial charge is 0.254 e. The monoisotopic (exact) mass is 369 g/mol. The molecule has 3 rings (SSSR count). The van der Waals surface area contributed by atoms with Gasteiger partial charge in [0, 0.05) is 45.3 Å². The number of rotatable bonds is 6. The molecule has 1 aromatic carbocycles. The summed E-state index contributed by atoms with van der Waals surface area (Å²) in [7, 11) is 1.78. The van der Waals surface area contributed by atoms with Crippen LogP contribution >= 0.6 is 0 Å². The number of benzene rings is 1. The molecule has 27 heavy (non-hydrogen) atoms. The predicted molar refractivity (Wildman–Crippen MR) is 103 cm³/mol. The molecule has 0 aliphatic carbocycles. The van der Waals surface area contributed by atoms with E-state index in [9.17, 15) is 9.59 Å². The summed E-state index contributed by atoms with van der Waals surface area (Å²) in [6, 6.07) is 9.45. The van der Waals surface area contributed by atoms with Gasteiger partial charge in [-0.15, -0.1) is 0 Å². The maximum Gasteiger partial charge on any atom is 0.254 e. The number of nitrogens with two attached hydrogens (primary N) is 1. The molecule has 0 spiro atoms. The Morgan fingerprint density at radius 1 is 1.26 bits per heavy atom. The Labute approximate surface area is 159 Å². The van der Waals surface area contributed by atoms with Gasteiger partial charge in [-0.1, -0.05) is 30.3 Å². The van der Waals surface area contributed by atoms with Crippen molar-refractivity contribution in [3.8, 4) is 0 Å². The van der Waals surface area contributed by atoms with E-state index < -0.39 is 0 Å². The molecule has 7 heteroatoms. The molecule has 1 unspecified atom stereocenters. The molecule has 3 N–H and O–H groups in total. The highest BCUT2D eigenvalue weighted by Gasteiger charge is 2.24. The molecule has 1 aliphatic rings. The van der Waals surface area contributed by atoms with E-state index >= 15 is 0 Å². The minimum Gasteiger partial charge on any atom is -0.352 e. The molecule has 2 aromatic rings. The van der Waals surface area contributed by atoms with Crippen LogP contribution in [0.2, 0.25) is 0 Å². The van der Waals surface area contributed by atoms with E-state index in [1.807, 2.05) is 35.2 Å². The number of amides is 2. The lowest BCUT2D eigenvalue weighted by Crippen LogP contribution is -2.42. The van der Waals surface area contributed by atoms with Gasteiger partial charge < -0.3 is 16.0 Å². The highest BCUT2D eigenvalue weighted by molar-refractivity contribution is 5.93. The van der Waals surface area contributed by atoms with Gasteiger partial charge in [-0.25, -0.2) is 0 Å². The van der Waals surface area contributed by atoms with Crippen LogP contribution < -0.4 is 11.1 Å². The van der Waals surface area contributed by atoms with Crippen LogP contribution in [0.25, 0.3) is 0 Å². The first kappa shape index (κ1) is 19.1. The van der Waals surface area contributed by atoms with Gasteiger partial charge >= 0.3 is 0 Å². The van der Waals surface area contributed by atoms with Crippen LogP contribution in [0.4, 0.5) is 0 Å². The van der Waals surface area contributed by atoms with E-state index in [0.717, 1.165) is 18.4 Å². The molecule has 144 valence electrons. The summed E-state index contributed by atoms with van der Waals surface area (Å²) in [5.74, 6) is 0.386. The average molecular weight is 369 g/mol. The normalized spacial score (nSPS) is 16.1. The van der Waals surface area contributed by atoms with Crippen molar-refractivity contribution in [3.63, 3.8) is 0 Å². The number of aromatic nitrogens is 2. The van der Waals surface area contributed by atoms with Gasteiger partial charge in [0.1, 0.15) is 0 Å². The molecule has 0 radical (unpaired) electrons. The summed E-state index contributed by atoms with van der Waals surface area (Å²) in [6.07, 6.45) is 5.37. The topological polar surface area (TPSA) is 93.2 Å². The largest absolute Gasteiger partial charge is 0.352 e. The number of hydrogen-bond acceptors (Lipinski definition) is 4. The highest BCUT2D eigenvalue weighted by atomic mass is 16.2. The lowest BCUT2D eigenvalue weighted by molar-refractivity contribution is -0.133. The summed E-state index contributed by atoms with van der Waals surface area (Å²) in [5, 5.41) is 6.97. The van der Waals surface area contributed by atoms with Crippen molar-refractivity contribution in [1.29, 1.82) is 0 Å². The number of carbonyl (C=O) groups is 2. The Bertz CT molecular complexity index is 766. The molecule has 1 atom stereocenters. The maximum atomic E-state index is 12.5. The molecule has 7 nitrogen and oxygen atoms in total. The van der Waals surface area contributed by atoms with E-state index in [2.05, 4.69) is 10.4 Å². The third-order valence-electron chi connectivity index (χ3n) is 5.11. The number of nitrogens with one attached hydrogen (secondary N) is 1. The first-order chi connectivity index (χ1) is 13.0. The molecule has 1 saturated heterocycles. The Balaban J connectivity index is 1.40. The number of aryl methyl sites for hydroxylation is 1. The summed E-state index contributed by atoms with van der Waals surface area (Å²) in [6.45, 7) is 2.06. The highest BCUT2D eigenvalue weighted by Crippen LogP contribution is 2.20. The van der Waals surface area contributed by atoms with Gasteiger partial charge in [-0.05, 0) is 24.3 Å². The lowest BCUT2D eigenvalue weighted by atomic mass is 9.95. The van der Waals surface area contributed by atoms with Crippen molar-refractivity contribution < 1.29 is 9.59 Å². The Morgan fingerprint density at radius 3 is 2.59 bits per heavy atom. The zero-order valence-corrected chi connectivity index (χ0v) is 15.7. The van der Waals surface area contributed by atoms with Crippen LogP contribution in [0.1, 0.15) is 41.2 Å². The van der Waals surface area contributed by atoms with Crippen LogP contribution in [0.5, 0.6) is 0 Å². The first-order valence-electron chi connectivity index (χ1n) is 9.38. The van der Waals surface area contributed by atoms with E-state index in [1.54, 1.807) is 24.1 Å². The van der Waals surface area contributed by atoms with Crippen molar-refractivity contribution in [3.05, 3.63) is 53.9 Å². The van der Waals surface area contributed by atoms with Gasteiger partial charge in [0.25, 0.3) is 5.91 Å². The predicted octanol–water partition coefficient (Wildman–Crippen LogP) is 1.48. The Morgan fingerprint density at radius 2 is 1.96 bits per heavy atom. The fraction of sp³-hybridized carbons (Fsp3) is 0.450. The van der Waals surface area contributed by atoms with Gasteiger partial charge in [0.15, 0.2) is 0 Å². The number of hydrogen-bond donors (Lipinski definition) is 2. The molecular formula is C20H27N5O2. The molecule has 2 amide bonds. The quantitative estimate of drug-likeness (QED) is 0.806. The van der Waals surface area contributed by atoms with Gasteiger partial charge in [-0.2, -0.15) is 5.10 Å². The fourth-order valence-corrected chi connectivity index (χ4v) is 3.40. The van der Waals surface area contributed by atoms with Crippen molar-refractivity contribution in [2.24, 2.45) is 18.7 Å². The second-order valence-electron chi connectivity index (χ2n) is 7.16. The third kappa shape index (κ3) is 5.17. The van der Waals surface area contributed by atoms with E-state index in [-0.39, 0.29) is 17.9 Å². The van der Waals surface area contributed by atoms with E-state index in [0.29, 0.717) is 37.5 Å². The van der Waals surface area contributed by atoms with E-state index in [4.69, 9.17) is 5.73 Å². The maximum absolute atomic E-state index is 12.5. The molecule has 1 aromatic heterocycles. The minimum atomic E-state index is -0.268. The van der Waals surface area contributed by atoms with Crippen molar-refractivity contribution in [2.75, 3.05) is 19.6 Å². The number of nitrogens with zero attached hydrogens (tertiary/aromatic N) is 3. The molecule has 0 bridgehead atoms. The fourth-order valence-electron chi connectivity index (χ4n) is 3.40. The summed E-state index contributed by atoms with van der Waals surface area (Å²) in [5.41, 5.74) is 7.72. The second kappa shape index (κ2) is 8.81. The summed E-state index contributed by atoms with van der Waals surface area (Å²) >= 11 is 0. The van der Waals surface area contributed by atoms with Crippen LogP contribution in [0.15, 0.2) is 42.7 Å². The van der Waals surface area contributed by atoms with Crippen molar-refractivity contribution in [1.82, 2.24) is 20.0 Å². The summed E-state index contributed by atoms with van der Waals surface area (Å²) in [4.78, 5) is 26.5. The minimum absolute atomic E-state index is 0.101. The molecule has 2 heterocycles. The lowest BCUT2D eigenvalue weighted by Gasteiger charge is -2.32. The average Bonchev–Trinajstić information content (AvgIpc) is 3.13. The van der Waals surface area contributed by atoms with Crippen molar-refractivity contribution >= 4 is 11.8 Å². The Kier molecular flexibility index (Phi) is 6.24. The SMILES string of the molecule is Cn1cc(C(=O)NCC2CCN(C(=O)CC(N)c3ccccc3)CC2)cn1. The number of likely N-dealkylation sites (tertiary alicyclic amines) is 1. The molecule has 0 saturated carbocycles. The number of piperidine rings is 1.